The van der Waals surface area contributed by atoms with Gasteiger partial charge in [-0.15, -0.1) is 0 Å². The molecule has 0 spiro atoms. The molecule has 0 aliphatic carbocycles. The molecule has 11 heteroatoms. The van der Waals surface area contributed by atoms with Crippen molar-refractivity contribution in [2.45, 2.75) is 6.92 Å². The van der Waals surface area contributed by atoms with Crippen LogP contribution in [0.1, 0.15) is 17.3 Å². The SMILES string of the molecule is CCOC(=Nc1cc(NCC(=O)c2ccccc2)c([N+](=O)[O-])c(N)n1)NO. The number of nitrogen functional groups attached to an aromatic ring is 1. The maximum absolute atomic E-state index is 12.2. The number of Topliss-reactive ketones (excluding diaryl/α,β-unsaturated/α-hetero) is 1. The van der Waals surface area contributed by atoms with Gasteiger partial charge in [0.2, 0.25) is 5.82 Å². The van der Waals surface area contributed by atoms with Crippen LogP contribution >= 0.6 is 0 Å². The Morgan fingerprint density at radius 3 is 2.70 bits per heavy atom. The van der Waals surface area contributed by atoms with Crippen LogP contribution in [0.25, 0.3) is 0 Å². The summed E-state index contributed by atoms with van der Waals surface area (Å²) in [5, 5.41) is 23.0. The molecule has 142 valence electrons. The quantitative estimate of drug-likeness (QED) is 0.186. The number of hydrogen-bond donors (Lipinski definition) is 4. The van der Waals surface area contributed by atoms with Gasteiger partial charge in [-0.05, 0) is 6.92 Å². The van der Waals surface area contributed by atoms with Crippen LogP contribution in [0.4, 0.5) is 23.0 Å². The number of pyridine rings is 1. The van der Waals surface area contributed by atoms with E-state index in [1.54, 1.807) is 42.7 Å². The van der Waals surface area contributed by atoms with Crippen molar-refractivity contribution in [3.8, 4) is 0 Å². The summed E-state index contributed by atoms with van der Waals surface area (Å²) < 4.78 is 5.01. The average Bonchev–Trinajstić information content (AvgIpc) is 2.65. The van der Waals surface area contributed by atoms with Crippen LogP contribution in [-0.4, -0.2) is 40.1 Å². The maximum atomic E-state index is 12.2. The molecule has 0 amide bonds. The Balaban J connectivity index is 2.32. The summed E-state index contributed by atoms with van der Waals surface area (Å²) in [4.78, 5) is 30.5. The van der Waals surface area contributed by atoms with Crippen LogP contribution in [-0.2, 0) is 4.74 Å². The summed E-state index contributed by atoms with van der Waals surface area (Å²) in [6.07, 6.45) is 0. The number of aromatic nitrogens is 1. The number of aliphatic imine (C=N–C) groups is 1. The number of nitrogens with zero attached hydrogens (tertiary/aromatic N) is 3. The van der Waals surface area contributed by atoms with E-state index in [0.29, 0.717) is 5.56 Å². The number of hydroxylamine groups is 1. The number of carbonyl (C=O) groups is 1. The van der Waals surface area contributed by atoms with Crippen LogP contribution < -0.4 is 16.5 Å². The van der Waals surface area contributed by atoms with Crippen molar-refractivity contribution in [1.82, 2.24) is 10.5 Å². The first-order chi connectivity index (χ1) is 13.0. The molecule has 0 fully saturated rings. The third-order valence-electron chi connectivity index (χ3n) is 3.32. The molecule has 1 aromatic heterocycles. The van der Waals surface area contributed by atoms with E-state index in [4.69, 9.17) is 15.7 Å². The number of nitrogens with one attached hydrogen (secondary N) is 2. The Labute approximate surface area is 154 Å². The van der Waals surface area contributed by atoms with Crippen molar-refractivity contribution in [2.24, 2.45) is 4.99 Å². The maximum Gasteiger partial charge on any atom is 0.334 e. The standard InChI is InChI=1S/C16H18N6O5/c1-2-27-16(21-24)20-13-8-11(14(22(25)26)15(17)19-13)18-9-12(23)10-6-4-3-5-7-10/h3-8,24H,2,9H2,1H3,(H4,17,18,19,20,21). The molecule has 0 radical (unpaired) electrons. The molecule has 0 saturated heterocycles. The molecule has 27 heavy (non-hydrogen) atoms. The fourth-order valence-electron chi connectivity index (χ4n) is 2.16. The molecule has 2 rings (SSSR count). The first kappa shape index (κ1) is 19.6. The van der Waals surface area contributed by atoms with Crippen LogP contribution in [0.2, 0.25) is 0 Å². The Morgan fingerprint density at radius 2 is 2.11 bits per heavy atom. The first-order valence-electron chi connectivity index (χ1n) is 7.84. The van der Waals surface area contributed by atoms with Gasteiger partial charge in [0, 0.05) is 11.6 Å². The van der Waals surface area contributed by atoms with Gasteiger partial charge in [-0.1, -0.05) is 30.3 Å². The summed E-state index contributed by atoms with van der Waals surface area (Å²) in [6, 6.07) is 9.43. The summed E-state index contributed by atoms with van der Waals surface area (Å²) in [5.41, 5.74) is 7.33. The molecule has 0 bridgehead atoms. The van der Waals surface area contributed by atoms with Gasteiger partial charge in [0.15, 0.2) is 11.6 Å². The first-order valence-corrected chi connectivity index (χ1v) is 7.84. The van der Waals surface area contributed by atoms with Gasteiger partial charge in [-0.25, -0.2) is 10.5 Å². The molecule has 2 aromatic rings. The number of benzene rings is 1. The van der Waals surface area contributed by atoms with Crippen molar-refractivity contribution in [1.29, 1.82) is 0 Å². The number of hydrogen-bond acceptors (Lipinski definition) is 9. The minimum Gasteiger partial charge on any atom is -0.464 e. The van der Waals surface area contributed by atoms with Crippen molar-refractivity contribution in [2.75, 3.05) is 24.2 Å². The molecule has 0 aliphatic heterocycles. The Morgan fingerprint density at radius 1 is 1.41 bits per heavy atom. The lowest BCUT2D eigenvalue weighted by molar-refractivity contribution is -0.383. The molecule has 1 heterocycles. The zero-order valence-corrected chi connectivity index (χ0v) is 14.4. The predicted molar refractivity (Wildman–Crippen MR) is 98.2 cm³/mol. The molecule has 0 aliphatic rings. The highest BCUT2D eigenvalue weighted by Gasteiger charge is 2.22. The van der Waals surface area contributed by atoms with Gasteiger partial charge in [0.25, 0.3) is 0 Å². The predicted octanol–water partition coefficient (Wildman–Crippen LogP) is 1.87. The minimum atomic E-state index is -0.709. The fraction of sp³-hybridized carbons (Fsp3) is 0.188. The fourth-order valence-corrected chi connectivity index (χ4v) is 2.16. The van der Waals surface area contributed by atoms with Crippen molar-refractivity contribution >= 4 is 34.8 Å². The van der Waals surface area contributed by atoms with Gasteiger partial charge < -0.3 is 15.8 Å². The zero-order valence-electron chi connectivity index (χ0n) is 14.4. The summed E-state index contributed by atoms with van der Waals surface area (Å²) >= 11 is 0. The highest BCUT2D eigenvalue weighted by molar-refractivity contribution is 5.99. The van der Waals surface area contributed by atoms with Crippen LogP contribution in [0.15, 0.2) is 41.4 Å². The third-order valence-corrected chi connectivity index (χ3v) is 3.32. The topological polar surface area (TPSA) is 165 Å². The van der Waals surface area contributed by atoms with Crippen LogP contribution in [0, 0.1) is 10.1 Å². The van der Waals surface area contributed by atoms with E-state index in [-0.39, 0.29) is 36.5 Å². The number of nitrogens with two attached hydrogens (primary N) is 1. The van der Waals surface area contributed by atoms with E-state index < -0.39 is 16.4 Å². The Bertz CT molecular complexity index is 856. The molecule has 5 N–H and O–H groups in total. The van der Waals surface area contributed by atoms with Crippen molar-refractivity contribution < 1.29 is 19.7 Å². The number of rotatable bonds is 7. The zero-order chi connectivity index (χ0) is 19.8. The van der Waals surface area contributed by atoms with Gasteiger partial charge in [0.1, 0.15) is 5.69 Å². The third kappa shape index (κ3) is 5.12. The number of anilines is 2. The molecular formula is C16H18N6O5. The summed E-state index contributed by atoms with van der Waals surface area (Å²) in [5.74, 6) is -0.722. The Hall–Kier alpha value is -3.73. The van der Waals surface area contributed by atoms with E-state index in [9.17, 15) is 14.9 Å². The molecule has 1 aromatic carbocycles. The lowest BCUT2D eigenvalue weighted by Crippen LogP contribution is -2.22. The number of nitro groups is 1. The van der Waals surface area contributed by atoms with E-state index in [1.807, 2.05) is 0 Å². The second kappa shape index (κ2) is 9.10. The molecular weight excluding hydrogens is 356 g/mol. The van der Waals surface area contributed by atoms with Crippen LogP contribution in [0.3, 0.4) is 0 Å². The average molecular weight is 374 g/mol. The van der Waals surface area contributed by atoms with E-state index >= 15 is 0 Å². The monoisotopic (exact) mass is 374 g/mol. The highest BCUT2D eigenvalue weighted by Crippen LogP contribution is 2.33. The number of amidine groups is 1. The molecule has 0 atom stereocenters. The molecule has 11 nitrogen and oxygen atoms in total. The largest absolute Gasteiger partial charge is 0.464 e. The smallest absolute Gasteiger partial charge is 0.334 e. The van der Waals surface area contributed by atoms with E-state index in [0.717, 1.165) is 0 Å². The van der Waals surface area contributed by atoms with Crippen molar-refractivity contribution in [3.05, 3.63) is 52.1 Å². The summed E-state index contributed by atoms with van der Waals surface area (Å²) in [6.45, 7) is 1.69. The normalized spacial score (nSPS) is 11.0. The summed E-state index contributed by atoms with van der Waals surface area (Å²) in [7, 11) is 0. The molecule has 0 unspecified atom stereocenters. The van der Waals surface area contributed by atoms with E-state index in [2.05, 4.69) is 15.3 Å². The minimum absolute atomic E-state index is 0.0377. The number of carbonyl (C=O) groups excluding carboxylic acids is 1. The molecule has 0 saturated carbocycles. The lowest BCUT2D eigenvalue weighted by Gasteiger charge is -2.10. The van der Waals surface area contributed by atoms with Gasteiger partial charge in [-0.3, -0.25) is 20.1 Å². The van der Waals surface area contributed by atoms with Gasteiger partial charge in [0.05, 0.1) is 18.1 Å². The number of ether oxygens (including phenoxy) is 1. The van der Waals surface area contributed by atoms with Gasteiger partial charge >= 0.3 is 11.7 Å². The van der Waals surface area contributed by atoms with E-state index in [1.165, 1.54) is 6.07 Å². The Kier molecular flexibility index (Phi) is 6.61. The second-order valence-electron chi connectivity index (χ2n) is 5.12. The highest BCUT2D eigenvalue weighted by atomic mass is 16.6. The number of ketones is 1. The van der Waals surface area contributed by atoms with Crippen molar-refractivity contribution in [3.63, 3.8) is 0 Å². The van der Waals surface area contributed by atoms with Crippen LogP contribution in [0.5, 0.6) is 0 Å². The van der Waals surface area contributed by atoms with Gasteiger partial charge in [-0.2, -0.15) is 4.99 Å². The second-order valence-corrected chi connectivity index (χ2v) is 5.12. The lowest BCUT2D eigenvalue weighted by atomic mass is 10.1.